The van der Waals surface area contributed by atoms with E-state index in [0.29, 0.717) is 18.5 Å². The van der Waals surface area contributed by atoms with Gasteiger partial charge in [-0.15, -0.1) is 0 Å². The van der Waals surface area contributed by atoms with E-state index in [1.165, 1.54) is 6.92 Å². The van der Waals surface area contributed by atoms with Gasteiger partial charge in [0.15, 0.2) is 5.82 Å². The number of nitrogens with zero attached hydrogens (tertiary/aromatic N) is 3. The lowest BCUT2D eigenvalue weighted by Gasteiger charge is -2.16. The Bertz CT molecular complexity index is 641. The van der Waals surface area contributed by atoms with E-state index < -0.39 is 0 Å². The molecular formula is C17H22N4O2. The molecule has 0 spiro atoms. The van der Waals surface area contributed by atoms with Gasteiger partial charge in [0.25, 0.3) is 0 Å². The summed E-state index contributed by atoms with van der Waals surface area (Å²) in [4.78, 5) is 13.4. The van der Waals surface area contributed by atoms with E-state index in [9.17, 15) is 4.79 Å². The summed E-state index contributed by atoms with van der Waals surface area (Å²) >= 11 is 0. The quantitative estimate of drug-likeness (QED) is 0.888. The Hall–Kier alpha value is -2.34. The first-order valence-corrected chi connectivity index (χ1v) is 7.93. The Morgan fingerprint density at radius 1 is 1.35 bits per heavy atom. The molecule has 1 saturated heterocycles. The number of hydrogen-bond donors (Lipinski definition) is 1. The highest BCUT2D eigenvalue weighted by Gasteiger charge is 2.24. The summed E-state index contributed by atoms with van der Waals surface area (Å²) in [6.45, 7) is 5.08. The monoisotopic (exact) mass is 314 g/mol. The lowest BCUT2D eigenvalue weighted by atomic mass is 10.3. The van der Waals surface area contributed by atoms with E-state index in [0.717, 1.165) is 31.8 Å². The van der Waals surface area contributed by atoms with Crippen LogP contribution in [0.25, 0.3) is 0 Å². The van der Waals surface area contributed by atoms with Gasteiger partial charge in [0, 0.05) is 38.8 Å². The molecule has 0 radical (unpaired) electrons. The van der Waals surface area contributed by atoms with Gasteiger partial charge >= 0.3 is 0 Å². The molecule has 1 aromatic heterocycles. The van der Waals surface area contributed by atoms with Gasteiger partial charge in [0.2, 0.25) is 5.91 Å². The molecule has 2 aromatic rings. The number of carbonyl (C=O) groups is 1. The summed E-state index contributed by atoms with van der Waals surface area (Å²) in [5.41, 5.74) is 0. The molecule has 0 saturated carbocycles. The van der Waals surface area contributed by atoms with E-state index in [1.54, 1.807) is 0 Å². The van der Waals surface area contributed by atoms with Crippen LogP contribution in [-0.4, -0.2) is 46.8 Å². The molecule has 0 aliphatic carbocycles. The molecule has 1 unspecified atom stereocenters. The maximum atomic E-state index is 11.0. The Labute approximate surface area is 136 Å². The predicted molar refractivity (Wildman–Crippen MR) is 88.6 cm³/mol. The number of likely N-dealkylation sites (tertiary alicyclic amines) is 1. The third-order valence-electron chi connectivity index (χ3n) is 3.95. The van der Waals surface area contributed by atoms with Gasteiger partial charge in [-0.2, -0.15) is 5.10 Å². The van der Waals surface area contributed by atoms with Crippen molar-refractivity contribution in [1.82, 2.24) is 14.7 Å². The number of hydrogen-bond acceptors (Lipinski definition) is 4. The SMILES string of the molecule is CC(=O)Nc1ccn(C2CCN(CCOc3ccccc3)C2)n1. The van der Waals surface area contributed by atoms with Crippen LogP contribution in [0.15, 0.2) is 42.6 Å². The standard InChI is InChI=1S/C17H22N4O2/c1-14(22)18-17-8-10-21(19-17)15-7-9-20(13-15)11-12-23-16-5-3-2-4-6-16/h2-6,8,10,15H,7,9,11-13H2,1H3,(H,18,19,22). The summed E-state index contributed by atoms with van der Waals surface area (Å²) in [7, 11) is 0. The minimum Gasteiger partial charge on any atom is -0.492 e. The number of carbonyl (C=O) groups excluding carboxylic acids is 1. The third kappa shape index (κ3) is 4.32. The van der Waals surface area contributed by atoms with E-state index in [-0.39, 0.29) is 5.91 Å². The highest BCUT2D eigenvalue weighted by atomic mass is 16.5. The molecule has 2 heterocycles. The van der Waals surface area contributed by atoms with E-state index in [2.05, 4.69) is 15.3 Å². The van der Waals surface area contributed by atoms with Crippen LogP contribution in [0.2, 0.25) is 0 Å². The smallest absolute Gasteiger partial charge is 0.222 e. The minimum absolute atomic E-state index is 0.0960. The zero-order valence-electron chi connectivity index (χ0n) is 13.3. The lowest BCUT2D eigenvalue weighted by Crippen LogP contribution is -2.26. The number of benzene rings is 1. The van der Waals surface area contributed by atoms with Crippen molar-refractivity contribution in [2.75, 3.05) is 31.6 Å². The fraction of sp³-hybridized carbons (Fsp3) is 0.412. The summed E-state index contributed by atoms with van der Waals surface area (Å²) in [5, 5.41) is 7.13. The molecule has 1 N–H and O–H groups in total. The van der Waals surface area contributed by atoms with Crippen molar-refractivity contribution < 1.29 is 9.53 Å². The van der Waals surface area contributed by atoms with Gasteiger partial charge in [-0.25, -0.2) is 0 Å². The minimum atomic E-state index is -0.0960. The molecule has 122 valence electrons. The van der Waals surface area contributed by atoms with Crippen molar-refractivity contribution in [1.29, 1.82) is 0 Å². The van der Waals surface area contributed by atoms with Crippen LogP contribution in [-0.2, 0) is 4.79 Å². The van der Waals surface area contributed by atoms with Crippen molar-refractivity contribution in [2.24, 2.45) is 0 Å². The maximum Gasteiger partial charge on any atom is 0.222 e. The van der Waals surface area contributed by atoms with Gasteiger partial charge in [-0.3, -0.25) is 14.4 Å². The first-order chi connectivity index (χ1) is 11.2. The summed E-state index contributed by atoms with van der Waals surface area (Å²) < 4.78 is 7.69. The summed E-state index contributed by atoms with van der Waals surface area (Å²) in [5.74, 6) is 1.43. The van der Waals surface area contributed by atoms with Crippen LogP contribution >= 0.6 is 0 Å². The Kier molecular flexibility index (Phi) is 4.92. The van der Waals surface area contributed by atoms with Crippen molar-refractivity contribution in [3.8, 4) is 5.75 Å². The average Bonchev–Trinajstić information content (AvgIpc) is 3.17. The van der Waals surface area contributed by atoms with Crippen LogP contribution in [0, 0.1) is 0 Å². The van der Waals surface area contributed by atoms with E-state index in [4.69, 9.17) is 4.74 Å². The normalized spacial score (nSPS) is 18.0. The summed E-state index contributed by atoms with van der Waals surface area (Å²) in [6, 6.07) is 12.1. The first kappa shape index (κ1) is 15.6. The van der Waals surface area contributed by atoms with Crippen molar-refractivity contribution in [3.05, 3.63) is 42.6 Å². The van der Waals surface area contributed by atoms with E-state index in [1.807, 2.05) is 47.3 Å². The number of rotatable bonds is 6. The fourth-order valence-electron chi connectivity index (χ4n) is 2.83. The molecule has 0 bridgehead atoms. The predicted octanol–water partition coefficient (Wildman–Crippen LogP) is 2.17. The maximum absolute atomic E-state index is 11.0. The second-order valence-electron chi connectivity index (χ2n) is 5.77. The zero-order chi connectivity index (χ0) is 16.1. The number of para-hydroxylation sites is 1. The number of ether oxygens (including phenoxy) is 1. The second-order valence-corrected chi connectivity index (χ2v) is 5.77. The molecule has 1 atom stereocenters. The average molecular weight is 314 g/mol. The molecule has 1 fully saturated rings. The van der Waals surface area contributed by atoms with Crippen LogP contribution in [0.5, 0.6) is 5.75 Å². The summed E-state index contributed by atoms with van der Waals surface area (Å²) in [6.07, 6.45) is 2.99. The molecular weight excluding hydrogens is 292 g/mol. The number of aromatic nitrogens is 2. The molecule has 6 nitrogen and oxygen atoms in total. The van der Waals surface area contributed by atoms with Gasteiger partial charge < -0.3 is 10.1 Å². The molecule has 23 heavy (non-hydrogen) atoms. The number of amides is 1. The number of anilines is 1. The van der Waals surface area contributed by atoms with Gasteiger partial charge in [-0.05, 0) is 18.6 Å². The van der Waals surface area contributed by atoms with Gasteiger partial charge in [0.05, 0.1) is 6.04 Å². The third-order valence-corrected chi connectivity index (χ3v) is 3.95. The van der Waals surface area contributed by atoms with Crippen molar-refractivity contribution in [2.45, 2.75) is 19.4 Å². The van der Waals surface area contributed by atoms with Crippen LogP contribution in [0.3, 0.4) is 0 Å². The number of nitrogens with one attached hydrogen (secondary N) is 1. The topological polar surface area (TPSA) is 59.4 Å². The van der Waals surface area contributed by atoms with Crippen LogP contribution < -0.4 is 10.1 Å². The van der Waals surface area contributed by atoms with Gasteiger partial charge in [-0.1, -0.05) is 18.2 Å². The van der Waals surface area contributed by atoms with Crippen molar-refractivity contribution >= 4 is 11.7 Å². The fourth-order valence-corrected chi connectivity index (χ4v) is 2.83. The molecule has 1 amide bonds. The van der Waals surface area contributed by atoms with Gasteiger partial charge in [0.1, 0.15) is 12.4 Å². The van der Waals surface area contributed by atoms with E-state index >= 15 is 0 Å². The molecule has 1 aliphatic heterocycles. The molecule has 1 aliphatic rings. The second kappa shape index (κ2) is 7.28. The van der Waals surface area contributed by atoms with Crippen molar-refractivity contribution in [3.63, 3.8) is 0 Å². The Morgan fingerprint density at radius 2 is 2.17 bits per heavy atom. The lowest BCUT2D eigenvalue weighted by molar-refractivity contribution is -0.114. The van der Waals surface area contributed by atoms with Crippen LogP contribution in [0.1, 0.15) is 19.4 Å². The largest absolute Gasteiger partial charge is 0.492 e. The Morgan fingerprint density at radius 3 is 2.96 bits per heavy atom. The van der Waals surface area contributed by atoms with Crippen LogP contribution in [0.4, 0.5) is 5.82 Å². The molecule has 6 heteroatoms. The Balaban J connectivity index is 1.45. The molecule has 1 aromatic carbocycles. The highest BCUT2D eigenvalue weighted by Crippen LogP contribution is 2.21. The highest BCUT2D eigenvalue weighted by molar-refractivity contribution is 5.87. The first-order valence-electron chi connectivity index (χ1n) is 7.93. The molecule has 3 rings (SSSR count). The zero-order valence-corrected chi connectivity index (χ0v) is 13.3.